The fraction of sp³-hybridized carbons (Fsp3) is 0.831. The molecule has 1 rings (SSSR count). The van der Waals surface area contributed by atoms with E-state index in [4.69, 9.17) is 38.5 Å². The molecule has 5 amide bonds. The number of carboxylic acid groups (broad SMARTS) is 1. The van der Waals surface area contributed by atoms with Gasteiger partial charge in [-0.25, -0.2) is 4.57 Å². The number of aliphatic carboxylic acids is 1. The molecule has 0 aromatic heterocycles. The standard InChI is InChI=1S/C65H117N6O22P/c1-6-8-10-12-14-16-18-20-21-23-25-27-29-31-33-35-58(79)92-50(45-87-57(78)34-32-30-28-26-24-22-19-17-15-13-11-9-7-2)46-90-94(85,86)89-41-40-68-54(74)37-38-55(75)69-42-59(80)88-47-51(67-5)64(83)71(52(63(66)82)36-39-56(76)77)43-48(3)91-62-60(70-49(4)73)65(84)93-53(44-72)61(62)81/h20-21,48,50-53,60-62,65,67,72,81,84H,6-19,22-47H2,1-5H3,(H2,66,82)(H,68,74)(H,69,75)(H,70,73)(H,76,77)(H,85,86)/b21-20-/t48?,50-,51+,52-,53-,60-,61-,62-,65+/m1/s1. The van der Waals surface area contributed by atoms with Gasteiger partial charge in [0.1, 0.15) is 56.2 Å². The van der Waals surface area contributed by atoms with E-state index in [2.05, 4.69) is 47.3 Å². The summed E-state index contributed by atoms with van der Waals surface area (Å²) < 4.78 is 50.4. The number of aliphatic hydroxyl groups is 3. The number of ether oxygens (including phenoxy) is 5. The van der Waals surface area contributed by atoms with Crippen molar-refractivity contribution in [2.45, 2.75) is 288 Å². The van der Waals surface area contributed by atoms with Crippen LogP contribution in [0.1, 0.15) is 233 Å². The normalized spacial score (nSPS) is 18.2. The third-order valence-electron chi connectivity index (χ3n) is 15.7. The molecule has 1 aliphatic heterocycles. The molecule has 0 bridgehead atoms. The van der Waals surface area contributed by atoms with Crippen LogP contribution in [0.15, 0.2) is 12.2 Å². The Morgan fingerprint density at radius 2 is 1.17 bits per heavy atom. The minimum atomic E-state index is -4.81. The van der Waals surface area contributed by atoms with Gasteiger partial charge in [-0.05, 0) is 58.9 Å². The lowest BCUT2D eigenvalue weighted by Crippen LogP contribution is -2.65. The van der Waals surface area contributed by atoms with E-state index in [1.807, 2.05) is 0 Å². The third kappa shape index (κ3) is 43.1. The Bertz CT molecular complexity index is 2230. The fourth-order valence-corrected chi connectivity index (χ4v) is 11.1. The van der Waals surface area contributed by atoms with Crippen LogP contribution in [-0.4, -0.2) is 198 Å². The molecular weight excluding hydrogens is 1250 g/mol. The first-order chi connectivity index (χ1) is 45.0. The summed E-state index contributed by atoms with van der Waals surface area (Å²) >= 11 is 0. The highest BCUT2D eigenvalue weighted by molar-refractivity contribution is 7.47. The van der Waals surface area contributed by atoms with Crippen molar-refractivity contribution >= 4 is 61.2 Å². The number of carboxylic acids is 1. The molecule has 1 fully saturated rings. The molecule has 0 aromatic rings. The number of carbonyl (C=O) groups is 9. The first-order valence-electron chi connectivity index (χ1n) is 34.3. The van der Waals surface area contributed by atoms with Gasteiger partial charge in [0, 0.05) is 52.1 Å². The lowest BCUT2D eigenvalue weighted by Gasteiger charge is -2.44. The average molecular weight is 1370 g/mol. The minimum absolute atomic E-state index is 0.0891. The number of hydrogen-bond acceptors (Lipinski definition) is 21. The predicted molar refractivity (Wildman–Crippen MR) is 349 cm³/mol. The topological polar surface area (TPSA) is 414 Å². The zero-order valence-corrected chi connectivity index (χ0v) is 57.7. The number of nitrogens with one attached hydrogen (secondary N) is 4. The van der Waals surface area contributed by atoms with Crippen molar-refractivity contribution in [3.8, 4) is 0 Å². The Balaban J connectivity index is 2.72. The summed E-state index contributed by atoms with van der Waals surface area (Å²) in [6, 6.07) is -4.34. The molecule has 29 heteroatoms. The molecule has 0 radical (unpaired) electrons. The number of nitrogens with two attached hydrogens (primary N) is 1. The molecule has 0 aromatic carbocycles. The molecule has 0 aliphatic carbocycles. The Morgan fingerprint density at radius 1 is 0.660 bits per heavy atom. The second kappa shape index (κ2) is 53.9. The van der Waals surface area contributed by atoms with Gasteiger partial charge in [-0.3, -0.25) is 52.2 Å². The van der Waals surface area contributed by atoms with E-state index in [0.29, 0.717) is 12.8 Å². The number of phosphoric acid groups is 1. The van der Waals surface area contributed by atoms with Gasteiger partial charge in [0.15, 0.2) is 12.4 Å². The van der Waals surface area contributed by atoms with Crippen molar-refractivity contribution in [3.63, 3.8) is 0 Å². The number of amides is 5. The molecule has 544 valence electrons. The fourth-order valence-electron chi connectivity index (χ4n) is 10.4. The van der Waals surface area contributed by atoms with Crippen molar-refractivity contribution in [2.75, 3.05) is 59.7 Å². The third-order valence-corrected chi connectivity index (χ3v) is 16.7. The largest absolute Gasteiger partial charge is 0.481 e. The number of primary amides is 1. The van der Waals surface area contributed by atoms with Crippen LogP contribution in [0.2, 0.25) is 0 Å². The van der Waals surface area contributed by atoms with Gasteiger partial charge in [-0.2, -0.15) is 0 Å². The number of carbonyl (C=O) groups excluding carboxylic acids is 8. The molecular formula is C65H117N6O22P. The van der Waals surface area contributed by atoms with Crippen LogP contribution in [0, 0.1) is 0 Å². The van der Waals surface area contributed by atoms with E-state index in [9.17, 15) is 73.0 Å². The van der Waals surface area contributed by atoms with E-state index in [0.717, 1.165) is 76.0 Å². The van der Waals surface area contributed by atoms with E-state index in [1.54, 1.807) is 0 Å². The van der Waals surface area contributed by atoms with E-state index in [-0.39, 0.29) is 19.4 Å². The number of allylic oxidation sites excluding steroid dienone is 2. The smallest absolute Gasteiger partial charge is 0.472 e. The Kier molecular flexibility index (Phi) is 49.8. The molecule has 2 unspecified atom stereocenters. The molecule has 0 saturated carbocycles. The highest BCUT2D eigenvalue weighted by Crippen LogP contribution is 2.43. The SMILES string of the molecule is CCCCCCCC/C=C\CCCCCCCC(=O)O[C@H](COC(=O)CCCCCCCCCCCCCCC)COP(=O)(O)OCCNC(=O)CCC(=O)NCC(=O)OC[C@H](NC)C(=O)N(CC(C)O[C@H]1[C@H](O)[C@@H](CO)O[C@H](O)[C@@H]1NC(C)=O)[C@H](CCC(=O)O)C(N)=O. The number of phosphoric ester groups is 1. The quantitative estimate of drug-likeness (QED) is 0.0108. The molecule has 1 saturated heterocycles. The summed E-state index contributed by atoms with van der Waals surface area (Å²) in [7, 11) is -3.49. The Hall–Kier alpha value is -5.16. The van der Waals surface area contributed by atoms with Gasteiger partial charge in [-0.15, -0.1) is 0 Å². The van der Waals surface area contributed by atoms with Crippen molar-refractivity contribution in [1.82, 2.24) is 26.2 Å². The van der Waals surface area contributed by atoms with Crippen LogP contribution < -0.4 is 27.0 Å². The second-order valence-corrected chi connectivity index (χ2v) is 25.5. The van der Waals surface area contributed by atoms with Crippen LogP contribution >= 0.6 is 7.82 Å². The zero-order chi connectivity index (χ0) is 69.9. The molecule has 94 heavy (non-hydrogen) atoms. The van der Waals surface area contributed by atoms with Crippen LogP contribution in [0.5, 0.6) is 0 Å². The highest BCUT2D eigenvalue weighted by atomic mass is 31.2. The molecule has 10 atom stereocenters. The van der Waals surface area contributed by atoms with E-state index >= 15 is 0 Å². The monoisotopic (exact) mass is 1360 g/mol. The Morgan fingerprint density at radius 3 is 1.68 bits per heavy atom. The van der Waals surface area contributed by atoms with Crippen molar-refractivity contribution < 1.29 is 106 Å². The number of unbranched alkanes of at least 4 members (excludes halogenated alkanes) is 23. The van der Waals surface area contributed by atoms with Gasteiger partial charge in [0.2, 0.25) is 29.5 Å². The maximum atomic E-state index is 14.1. The predicted octanol–water partition coefficient (Wildman–Crippen LogP) is 6.13. The summed E-state index contributed by atoms with van der Waals surface area (Å²) in [4.78, 5) is 125. The first-order valence-corrected chi connectivity index (χ1v) is 35.8. The van der Waals surface area contributed by atoms with Gasteiger partial charge in [0.25, 0.3) is 0 Å². The molecule has 11 N–H and O–H groups in total. The maximum absolute atomic E-state index is 14.1. The summed E-state index contributed by atoms with van der Waals surface area (Å²) in [5.41, 5.74) is 5.65. The van der Waals surface area contributed by atoms with Crippen molar-refractivity contribution in [3.05, 3.63) is 12.2 Å². The molecule has 28 nitrogen and oxygen atoms in total. The van der Waals surface area contributed by atoms with E-state index in [1.165, 1.54) is 104 Å². The molecule has 0 spiro atoms. The number of likely N-dealkylation sites (N-methyl/N-ethyl adjacent to an activating group) is 1. The first kappa shape index (κ1) is 86.9. The minimum Gasteiger partial charge on any atom is -0.481 e. The van der Waals surface area contributed by atoms with Crippen molar-refractivity contribution in [1.29, 1.82) is 0 Å². The van der Waals surface area contributed by atoms with Crippen LogP contribution in [0.25, 0.3) is 0 Å². The maximum Gasteiger partial charge on any atom is 0.472 e. The highest BCUT2D eigenvalue weighted by Gasteiger charge is 2.47. The average Bonchev–Trinajstić information content (AvgIpc) is 0.809. The summed E-state index contributed by atoms with van der Waals surface area (Å²) in [5, 5.41) is 50.4. The van der Waals surface area contributed by atoms with E-state index < -0.39 is 188 Å². The Labute approximate surface area is 556 Å². The van der Waals surface area contributed by atoms with Gasteiger partial charge in [-0.1, -0.05) is 154 Å². The zero-order valence-electron chi connectivity index (χ0n) is 56.8. The van der Waals surface area contributed by atoms with Crippen LogP contribution in [-0.2, 0) is 80.4 Å². The second-order valence-electron chi connectivity index (χ2n) is 24.1. The molecule has 1 heterocycles. The number of hydrogen-bond donors (Lipinski definition) is 10. The van der Waals surface area contributed by atoms with Gasteiger partial charge in [0.05, 0.1) is 25.9 Å². The van der Waals surface area contributed by atoms with Crippen LogP contribution in [0.3, 0.4) is 0 Å². The summed E-state index contributed by atoms with van der Waals surface area (Å²) in [6.07, 6.45) is 23.5. The number of esters is 3. The number of aliphatic hydroxyl groups excluding tert-OH is 3. The lowest BCUT2D eigenvalue weighted by atomic mass is 9.96. The van der Waals surface area contributed by atoms with Gasteiger partial charge < -0.3 is 80.9 Å². The van der Waals surface area contributed by atoms with Gasteiger partial charge >= 0.3 is 31.7 Å². The molecule has 1 aliphatic rings. The van der Waals surface area contributed by atoms with Crippen molar-refractivity contribution in [2.24, 2.45) is 5.73 Å². The number of nitrogens with zero attached hydrogens (tertiary/aromatic N) is 1. The number of rotatable bonds is 59. The summed E-state index contributed by atoms with van der Waals surface area (Å²) in [6.45, 7) is 2.42. The lowest BCUT2D eigenvalue weighted by molar-refractivity contribution is -0.268. The van der Waals surface area contributed by atoms with Crippen LogP contribution in [0.4, 0.5) is 0 Å². The summed E-state index contributed by atoms with van der Waals surface area (Å²) in [5.74, 6) is -7.54.